The number of fused-ring (bicyclic) bond motifs is 3. The molecule has 1 aromatic carbocycles. The number of allylic oxidation sites excluding steroid dienone is 1. The number of ether oxygens (including phenoxy) is 2. The van der Waals surface area contributed by atoms with Gasteiger partial charge in [0.15, 0.2) is 0 Å². The zero-order chi connectivity index (χ0) is 34.0. The standard InChI is InChI=1S/C36H44N6O6/c1-20-21(2)35(45)38(3)18-25(20)22-14-30(47-5)26(31(15-22)48-6)19-40-16-23-10-11-24(17-40)41(23)27-8-7-9-28-33(27)39(4)36(46)42(28)29-12-13-32(43)37-34(29)44/h7-8,14-15,18,23-24,28-29H,9-13,16-17,19H2,1-6H3,(H,37,43,44). The third kappa shape index (κ3) is 5.08. The highest BCUT2D eigenvalue weighted by atomic mass is 16.5. The minimum atomic E-state index is -0.653. The van der Waals surface area contributed by atoms with E-state index >= 15 is 0 Å². The highest BCUT2D eigenvalue weighted by Crippen LogP contribution is 2.43. The average molecular weight is 657 g/mol. The Kier molecular flexibility index (Phi) is 8.09. The molecule has 4 aliphatic heterocycles. The minimum Gasteiger partial charge on any atom is -0.496 e. The van der Waals surface area contributed by atoms with Crippen molar-refractivity contribution in [3.05, 3.63) is 68.9 Å². The van der Waals surface area contributed by atoms with Gasteiger partial charge in [-0.05, 0) is 68.9 Å². The summed E-state index contributed by atoms with van der Waals surface area (Å²) in [5.41, 5.74) is 6.54. The molecular weight excluding hydrogens is 612 g/mol. The molecule has 48 heavy (non-hydrogen) atoms. The van der Waals surface area contributed by atoms with Crippen molar-refractivity contribution in [1.29, 1.82) is 0 Å². The number of carbonyl (C=O) groups is 3. The van der Waals surface area contributed by atoms with Crippen molar-refractivity contribution >= 4 is 17.8 Å². The number of amides is 4. The Morgan fingerprint density at radius 2 is 1.54 bits per heavy atom. The molecule has 4 atom stereocenters. The summed E-state index contributed by atoms with van der Waals surface area (Å²) in [5.74, 6) is 0.809. The summed E-state index contributed by atoms with van der Waals surface area (Å²) >= 11 is 0. The Hall–Kier alpha value is -4.58. The largest absolute Gasteiger partial charge is 0.496 e. The molecule has 2 aromatic rings. The molecule has 0 spiro atoms. The lowest BCUT2D eigenvalue weighted by Gasteiger charge is -2.45. The number of nitrogens with one attached hydrogen (secondary N) is 1. The third-order valence-corrected chi connectivity index (χ3v) is 11.0. The number of piperidine rings is 1. The second-order valence-electron chi connectivity index (χ2n) is 13.7. The lowest BCUT2D eigenvalue weighted by molar-refractivity contribution is -0.137. The SMILES string of the molecule is COc1cc(-c2cn(C)c(=O)c(C)c2C)cc(OC)c1CN1CC2CCC(C1)N2C1=C2C(CC=C1)N(C1CCC(=O)NC1=O)C(=O)N2C. The number of likely N-dealkylation sites (tertiary alicyclic amines) is 1. The number of hydrogen-bond donors (Lipinski definition) is 1. The van der Waals surface area contributed by atoms with E-state index in [-0.39, 0.29) is 42.0 Å². The van der Waals surface area contributed by atoms with Crippen LogP contribution in [-0.4, -0.2) is 101 Å². The molecule has 5 aliphatic rings. The number of imide groups is 1. The van der Waals surface area contributed by atoms with Gasteiger partial charge in [0.25, 0.3) is 5.56 Å². The number of methoxy groups -OCH3 is 2. The fourth-order valence-electron chi connectivity index (χ4n) is 8.54. The minimum absolute atomic E-state index is 0.00538. The number of piperazine rings is 1. The van der Waals surface area contributed by atoms with Gasteiger partial charge in [-0.25, -0.2) is 4.79 Å². The topological polar surface area (TPSA) is 117 Å². The fourth-order valence-corrected chi connectivity index (χ4v) is 8.54. The van der Waals surface area contributed by atoms with E-state index in [9.17, 15) is 19.2 Å². The predicted molar refractivity (Wildman–Crippen MR) is 179 cm³/mol. The van der Waals surface area contributed by atoms with Crippen LogP contribution in [0.1, 0.15) is 48.8 Å². The van der Waals surface area contributed by atoms with Crippen LogP contribution in [0, 0.1) is 13.8 Å². The highest BCUT2D eigenvalue weighted by molar-refractivity contribution is 6.02. The van der Waals surface area contributed by atoms with E-state index in [4.69, 9.17) is 9.47 Å². The van der Waals surface area contributed by atoms with Crippen molar-refractivity contribution in [3.8, 4) is 22.6 Å². The van der Waals surface area contributed by atoms with Gasteiger partial charge in [-0.3, -0.25) is 29.5 Å². The van der Waals surface area contributed by atoms with Crippen molar-refractivity contribution in [2.24, 2.45) is 7.05 Å². The van der Waals surface area contributed by atoms with E-state index in [2.05, 4.69) is 27.3 Å². The summed E-state index contributed by atoms with van der Waals surface area (Å²) in [6.07, 6.45) is 9.44. The quantitative estimate of drug-likeness (QED) is 0.453. The number of hydrogen-bond acceptors (Lipinski definition) is 8. The molecule has 1 aromatic heterocycles. The van der Waals surface area contributed by atoms with Crippen molar-refractivity contribution in [3.63, 3.8) is 0 Å². The maximum Gasteiger partial charge on any atom is 0.325 e. The number of likely N-dealkylation sites (N-methyl/N-ethyl adjacent to an activating group) is 1. The number of aryl methyl sites for hydroxylation is 1. The molecule has 0 saturated carbocycles. The van der Waals surface area contributed by atoms with Crippen molar-refractivity contribution < 1.29 is 23.9 Å². The molecule has 4 amide bonds. The first kappa shape index (κ1) is 32.0. The number of urea groups is 1. The van der Waals surface area contributed by atoms with E-state index < -0.39 is 11.9 Å². The molecule has 4 unspecified atom stereocenters. The maximum absolute atomic E-state index is 13.6. The summed E-state index contributed by atoms with van der Waals surface area (Å²) < 4.78 is 13.5. The van der Waals surface area contributed by atoms with Gasteiger partial charge in [-0.1, -0.05) is 6.08 Å². The van der Waals surface area contributed by atoms with E-state index in [1.165, 1.54) is 0 Å². The number of aromatic nitrogens is 1. The Labute approximate surface area is 280 Å². The number of carbonyl (C=O) groups excluding carboxylic acids is 3. The van der Waals surface area contributed by atoms with Gasteiger partial charge in [-0.2, -0.15) is 0 Å². The van der Waals surface area contributed by atoms with Crippen molar-refractivity contribution in [2.45, 2.75) is 76.7 Å². The molecule has 1 N–H and O–H groups in total. The van der Waals surface area contributed by atoms with Gasteiger partial charge in [0.1, 0.15) is 17.5 Å². The monoisotopic (exact) mass is 656 g/mol. The molecule has 254 valence electrons. The van der Waals surface area contributed by atoms with E-state index in [1.54, 1.807) is 42.7 Å². The van der Waals surface area contributed by atoms with Crippen LogP contribution in [0.3, 0.4) is 0 Å². The van der Waals surface area contributed by atoms with Crippen LogP contribution in [0.4, 0.5) is 4.79 Å². The van der Waals surface area contributed by atoms with Gasteiger partial charge >= 0.3 is 6.03 Å². The molecular formula is C36H44N6O6. The second-order valence-corrected chi connectivity index (χ2v) is 13.7. The van der Waals surface area contributed by atoms with Crippen LogP contribution in [-0.2, 0) is 23.2 Å². The van der Waals surface area contributed by atoms with Crippen LogP contribution in [0.15, 0.2) is 46.7 Å². The zero-order valence-electron chi connectivity index (χ0n) is 28.5. The third-order valence-electron chi connectivity index (χ3n) is 11.0. The smallest absolute Gasteiger partial charge is 0.325 e. The summed E-state index contributed by atoms with van der Waals surface area (Å²) in [5, 5.41) is 2.43. The first-order valence-electron chi connectivity index (χ1n) is 16.8. The lowest BCUT2D eigenvalue weighted by Crippen LogP contribution is -2.55. The van der Waals surface area contributed by atoms with Crippen LogP contribution < -0.4 is 20.3 Å². The van der Waals surface area contributed by atoms with Crippen LogP contribution in [0.5, 0.6) is 11.5 Å². The lowest BCUT2D eigenvalue weighted by atomic mass is 9.96. The average Bonchev–Trinajstić information content (AvgIpc) is 3.49. The normalized spacial score (nSPS) is 25.6. The Balaban J connectivity index is 1.15. The second kappa shape index (κ2) is 12.1. The number of rotatable bonds is 7. The highest BCUT2D eigenvalue weighted by Gasteiger charge is 2.51. The molecule has 2 bridgehead atoms. The maximum atomic E-state index is 13.6. The summed E-state index contributed by atoms with van der Waals surface area (Å²) in [6.45, 7) is 6.17. The first-order valence-corrected chi connectivity index (χ1v) is 16.8. The predicted octanol–water partition coefficient (Wildman–Crippen LogP) is 3.05. The Morgan fingerprint density at radius 1 is 0.875 bits per heavy atom. The molecule has 4 saturated heterocycles. The Bertz CT molecular complexity index is 1790. The molecule has 7 rings (SSSR count). The molecule has 12 heteroatoms. The molecule has 12 nitrogen and oxygen atoms in total. The fraction of sp³-hybridized carbons (Fsp3) is 0.500. The Morgan fingerprint density at radius 3 is 2.17 bits per heavy atom. The molecule has 4 fully saturated rings. The van der Waals surface area contributed by atoms with Gasteiger partial charge < -0.3 is 23.8 Å². The van der Waals surface area contributed by atoms with Crippen LogP contribution >= 0.6 is 0 Å². The number of pyridine rings is 1. The van der Waals surface area contributed by atoms with Gasteiger partial charge in [0.2, 0.25) is 11.8 Å². The van der Waals surface area contributed by atoms with Gasteiger partial charge in [-0.15, -0.1) is 0 Å². The van der Waals surface area contributed by atoms with E-state index in [0.29, 0.717) is 19.4 Å². The molecule has 5 heterocycles. The summed E-state index contributed by atoms with van der Waals surface area (Å²) in [7, 11) is 6.93. The zero-order valence-corrected chi connectivity index (χ0v) is 28.5. The number of benzene rings is 1. The summed E-state index contributed by atoms with van der Waals surface area (Å²) in [4.78, 5) is 59.2. The first-order chi connectivity index (χ1) is 23.0. The van der Waals surface area contributed by atoms with Crippen LogP contribution in [0.2, 0.25) is 0 Å². The van der Waals surface area contributed by atoms with Crippen LogP contribution in [0.25, 0.3) is 11.1 Å². The van der Waals surface area contributed by atoms with Gasteiger partial charge in [0.05, 0.1) is 37.2 Å². The molecule has 0 radical (unpaired) electrons. The van der Waals surface area contributed by atoms with Crippen molar-refractivity contribution in [2.75, 3.05) is 34.4 Å². The summed E-state index contributed by atoms with van der Waals surface area (Å²) in [6, 6.07) is 3.51. The van der Waals surface area contributed by atoms with Crippen molar-refractivity contribution in [1.82, 2.24) is 29.5 Å². The van der Waals surface area contributed by atoms with Gasteiger partial charge in [0, 0.05) is 69.6 Å². The van der Waals surface area contributed by atoms with E-state index in [0.717, 1.165) is 76.6 Å². The number of nitrogens with zero attached hydrogens (tertiary/aromatic N) is 5. The van der Waals surface area contributed by atoms with E-state index in [1.807, 2.05) is 32.2 Å². The molecule has 1 aliphatic carbocycles.